The number of rotatable bonds is 3. The smallest absolute Gasteiger partial charge is 0.347 e. The minimum absolute atomic E-state index is 0.106. The Labute approximate surface area is 107 Å². The van der Waals surface area contributed by atoms with Gasteiger partial charge in [-0.05, 0) is 18.2 Å². The molecule has 4 N–H and O–H groups in total. The molecule has 1 aromatic rings. The van der Waals surface area contributed by atoms with Crippen molar-refractivity contribution >= 4 is 17.5 Å². The van der Waals surface area contributed by atoms with Crippen LogP contribution < -0.4 is 16.4 Å². The summed E-state index contributed by atoms with van der Waals surface area (Å²) in [6.07, 6.45) is -4.51. The lowest BCUT2D eigenvalue weighted by Gasteiger charge is -2.09. The summed E-state index contributed by atoms with van der Waals surface area (Å²) >= 11 is 0. The molecular weight excluding hydrogens is 263 g/mol. The summed E-state index contributed by atoms with van der Waals surface area (Å²) in [6.45, 7) is 0.261. The molecule has 0 spiro atoms. The number of hydrogen-bond acceptors (Lipinski definition) is 3. The van der Waals surface area contributed by atoms with E-state index in [-0.39, 0.29) is 18.8 Å². The number of alkyl halides is 3. The third-order valence-electron chi connectivity index (χ3n) is 2.08. The van der Waals surface area contributed by atoms with E-state index >= 15 is 0 Å². The molecule has 0 aliphatic rings. The van der Waals surface area contributed by atoms with Crippen molar-refractivity contribution < 1.29 is 22.8 Å². The van der Waals surface area contributed by atoms with Gasteiger partial charge in [0.25, 0.3) is 0 Å². The number of benzene rings is 1. The second kappa shape index (κ2) is 6.19. The van der Waals surface area contributed by atoms with Crippen molar-refractivity contribution in [2.75, 3.05) is 18.4 Å². The molecule has 0 aromatic heterocycles. The second-order valence-corrected chi connectivity index (χ2v) is 3.58. The van der Waals surface area contributed by atoms with E-state index in [1.807, 2.05) is 0 Å². The first-order valence-electron chi connectivity index (χ1n) is 5.31. The van der Waals surface area contributed by atoms with E-state index in [9.17, 15) is 22.8 Å². The number of halogens is 3. The van der Waals surface area contributed by atoms with Gasteiger partial charge in [-0.15, -0.1) is 0 Å². The van der Waals surface area contributed by atoms with Gasteiger partial charge in [0, 0.05) is 18.8 Å². The maximum absolute atomic E-state index is 12.4. The quantitative estimate of drug-likeness (QED) is 0.711. The van der Waals surface area contributed by atoms with Crippen molar-refractivity contribution in [3.05, 3.63) is 29.8 Å². The highest BCUT2D eigenvalue weighted by Crippen LogP contribution is 2.30. The molecule has 5 nitrogen and oxygen atoms in total. The maximum atomic E-state index is 12.4. The topological polar surface area (TPSA) is 84.2 Å². The highest BCUT2D eigenvalue weighted by Gasteiger charge is 2.30. The summed E-state index contributed by atoms with van der Waals surface area (Å²) < 4.78 is 37.3. The van der Waals surface area contributed by atoms with Crippen LogP contribution in [0.4, 0.5) is 18.9 Å². The Balaban J connectivity index is 2.72. The van der Waals surface area contributed by atoms with Gasteiger partial charge in [-0.3, -0.25) is 9.59 Å². The number of hydrogen-bond donors (Lipinski definition) is 3. The van der Waals surface area contributed by atoms with Gasteiger partial charge < -0.3 is 16.4 Å². The zero-order valence-corrected chi connectivity index (χ0v) is 9.75. The van der Waals surface area contributed by atoms with Crippen LogP contribution in [0, 0.1) is 0 Å². The van der Waals surface area contributed by atoms with Crippen LogP contribution in [0.25, 0.3) is 0 Å². The highest BCUT2D eigenvalue weighted by molar-refractivity contribution is 6.39. The Kier molecular flexibility index (Phi) is 4.87. The van der Waals surface area contributed by atoms with Gasteiger partial charge in [-0.1, -0.05) is 6.07 Å². The van der Waals surface area contributed by atoms with Crippen molar-refractivity contribution in [1.82, 2.24) is 5.32 Å². The number of nitrogens with two attached hydrogens (primary N) is 1. The predicted molar refractivity (Wildman–Crippen MR) is 62.1 cm³/mol. The van der Waals surface area contributed by atoms with Gasteiger partial charge in [0.15, 0.2) is 0 Å². The first-order valence-corrected chi connectivity index (χ1v) is 5.31. The lowest BCUT2D eigenvalue weighted by Crippen LogP contribution is -2.38. The molecule has 2 amide bonds. The Morgan fingerprint density at radius 3 is 2.47 bits per heavy atom. The summed E-state index contributed by atoms with van der Waals surface area (Å²) in [6, 6.07) is 4.00. The molecule has 0 atom stereocenters. The minimum Gasteiger partial charge on any atom is -0.347 e. The van der Waals surface area contributed by atoms with E-state index in [0.29, 0.717) is 0 Å². The van der Waals surface area contributed by atoms with Gasteiger partial charge in [0.05, 0.1) is 5.56 Å². The van der Waals surface area contributed by atoms with Crippen molar-refractivity contribution in [1.29, 1.82) is 0 Å². The minimum atomic E-state index is -4.51. The highest BCUT2D eigenvalue weighted by atomic mass is 19.4. The summed E-state index contributed by atoms with van der Waals surface area (Å²) in [5.74, 6) is -2.00. The van der Waals surface area contributed by atoms with Crippen LogP contribution in [0.2, 0.25) is 0 Å². The largest absolute Gasteiger partial charge is 0.416 e. The average Bonchev–Trinajstić information content (AvgIpc) is 2.35. The van der Waals surface area contributed by atoms with Gasteiger partial charge >= 0.3 is 18.0 Å². The lowest BCUT2D eigenvalue weighted by molar-refractivity contribution is -0.137. The molecule has 0 fully saturated rings. The Bertz CT molecular complexity index is 474. The predicted octanol–water partition coefficient (Wildman–Crippen LogP) is 0.719. The molecule has 104 valence electrons. The molecule has 0 saturated carbocycles. The summed E-state index contributed by atoms with van der Waals surface area (Å²) in [5.41, 5.74) is 4.11. The molecule has 1 rings (SSSR count). The average molecular weight is 275 g/mol. The number of anilines is 1. The standard InChI is InChI=1S/C11H12F3N3O2/c12-11(13,14)7-2-1-3-8(6-7)17-10(19)9(18)16-5-4-15/h1-3,6H,4-5,15H2,(H,16,18)(H,17,19). The van der Waals surface area contributed by atoms with E-state index in [2.05, 4.69) is 10.6 Å². The van der Waals surface area contributed by atoms with Crippen LogP contribution in [0.15, 0.2) is 24.3 Å². The molecule has 0 radical (unpaired) electrons. The molecule has 0 aliphatic carbocycles. The summed E-state index contributed by atoms with van der Waals surface area (Å²) in [7, 11) is 0. The molecule has 19 heavy (non-hydrogen) atoms. The molecular formula is C11H12F3N3O2. The van der Waals surface area contributed by atoms with E-state index < -0.39 is 23.6 Å². The van der Waals surface area contributed by atoms with Crippen molar-refractivity contribution in [2.45, 2.75) is 6.18 Å². The SMILES string of the molecule is NCCNC(=O)C(=O)Nc1cccc(C(F)(F)F)c1. The van der Waals surface area contributed by atoms with Crippen molar-refractivity contribution in [2.24, 2.45) is 5.73 Å². The van der Waals surface area contributed by atoms with E-state index in [1.165, 1.54) is 6.07 Å². The fourth-order valence-corrected chi connectivity index (χ4v) is 1.23. The first-order chi connectivity index (χ1) is 8.84. The molecule has 0 saturated heterocycles. The third kappa shape index (κ3) is 4.59. The van der Waals surface area contributed by atoms with Gasteiger partial charge in [-0.2, -0.15) is 13.2 Å². The third-order valence-corrected chi connectivity index (χ3v) is 2.08. The van der Waals surface area contributed by atoms with E-state index in [4.69, 9.17) is 5.73 Å². The maximum Gasteiger partial charge on any atom is 0.416 e. The van der Waals surface area contributed by atoms with Crippen molar-refractivity contribution in [3.63, 3.8) is 0 Å². The van der Waals surface area contributed by atoms with Gasteiger partial charge in [-0.25, -0.2) is 0 Å². The summed E-state index contributed by atoms with van der Waals surface area (Å²) in [5, 5.41) is 4.27. The van der Waals surface area contributed by atoms with Crippen LogP contribution >= 0.6 is 0 Å². The summed E-state index contributed by atoms with van der Waals surface area (Å²) in [4.78, 5) is 22.5. The monoisotopic (exact) mass is 275 g/mol. The zero-order valence-electron chi connectivity index (χ0n) is 9.75. The molecule has 0 bridgehead atoms. The Hall–Kier alpha value is -2.09. The van der Waals surface area contributed by atoms with Crippen LogP contribution in [0.3, 0.4) is 0 Å². The molecule has 0 heterocycles. The molecule has 0 unspecified atom stereocenters. The van der Waals surface area contributed by atoms with Crippen LogP contribution in [0.5, 0.6) is 0 Å². The number of carbonyl (C=O) groups excluding carboxylic acids is 2. The van der Waals surface area contributed by atoms with E-state index in [1.54, 1.807) is 0 Å². The van der Waals surface area contributed by atoms with Crippen LogP contribution in [-0.2, 0) is 15.8 Å². The lowest BCUT2D eigenvalue weighted by atomic mass is 10.2. The van der Waals surface area contributed by atoms with Gasteiger partial charge in [0.2, 0.25) is 0 Å². The zero-order chi connectivity index (χ0) is 14.5. The fraction of sp³-hybridized carbons (Fsp3) is 0.273. The molecule has 0 aliphatic heterocycles. The van der Waals surface area contributed by atoms with Crippen molar-refractivity contribution in [3.8, 4) is 0 Å². The first kappa shape index (κ1) is 15.0. The number of nitrogens with one attached hydrogen (secondary N) is 2. The van der Waals surface area contributed by atoms with Crippen LogP contribution in [0.1, 0.15) is 5.56 Å². The number of amides is 2. The molecule has 1 aromatic carbocycles. The second-order valence-electron chi connectivity index (χ2n) is 3.58. The Morgan fingerprint density at radius 1 is 1.21 bits per heavy atom. The van der Waals surface area contributed by atoms with E-state index in [0.717, 1.165) is 18.2 Å². The molecule has 8 heteroatoms. The Morgan fingerprint density at radius 2 is 1.89 bits per heavy atom. The van der Waals surface area contributed by atoms with Gasteiger partial charge in [0.1, 0.15) is 0 Å². The van der Waals surface area contributed by atoms with Crippen LogP contribution in [-0.4, -0.2) is 24.9 Å². The number of carbonyl (C=O) groups is 2. The fourth-order valence-electron chi connectivity index (χ4n) is 1.23. The normalized spacial score (nSPS) is 10.9.